The normalized spacial score (nSPS) is 9.96. The van der Waals surface area contributed by atoms with Gasteiger partial charge in [0.25, 0.3) is 0 Å². The van der Waals surface area contributed by atoms with Crippen molar-refractivity contribution in [1.82, 2.24) is 0 Å². The second-order valence-electron chi connectivity index (χ2n) is 5.73. The van der Waals surface area contributed by atoms with Gasteiger partial charge >= 0.3 is 11.9 Å². The number of esters is 2. The van der Waals surface area contributed by atoms with Crippen molar-refractivity contribution in [1.29, 1.82) is 0 Å². The maximum Gasteiger partial charge on any atom is 0.338 e. The fourth-order valence-corrected chi connectivity index (χ4v) is 2.06. The largest absolute Gasteiger partial charge is 0.496 e. The Labute approximate surface area is 152 Å². The molecule has 0 spiro atoms. The van der Waals surface area contributed by atoms with Gasteiger partial charge in [-0.1, -0.05) is 25.3 Å². The highest BCUT2D eigenvalue weighted by atomic mass is 16.5. The van der Waals surface area contributed by atoms with Crippen molar-refractivity contribution in [3.05, 3.63) is 66.8 Å². The molecule has 0 atom stereocenters. The Morgan fingerprint density at radius 1 is 0.808 bits per heavy atom. The van der Waals surface area contributed by atoms with Gasteiger partial charge in [0.2, 0.25) is 0 Å². The molecule has 0 heterocycles. The number of methoxy groups -OCH3 is 1. The fourth-order valence-electron chi connectivity index (χ4n) is 2.06. The van der Waals surface area contributed by atoms with Crippen LogP contribution in [0.2, 0.25) is 0 Å². The van der Waals surface area contributed by atoms with Crippen LogP contribution in [0, 0.1) is 0 Å². The predicted molar refractivity (Wildman–Crippen MR) is 99.3 cm³/mol. The Hall–Kier alpha value is -3.34. The Kier molecular flexibility index (Phi) is 5.96. The molecule has 26 heavy (non-hydrogen) atoms. The van der Waals surface area contributed by atoms with Gasteiger partial charge in [0.15, 0.2) is 0 Å². The van der Waals surface area contributed by atoms with E-state index in [9.17, 15) is 9.59 Å². The number of carbonyl (C=O) groups is 2. The van der Waals surface area contributed by atoms with Crippen LogP contribution in [0.15, 0.2) is 66.8 Å². The molecule has 134 valence electrons. The van der Waals surface area contributed by atoms with Gasteiger partial charge in [-0.3, -0.25) is 0 Å². The lowest BCUT2D eigenvalue weighted by Crippen LogP contribution is -2.08. The first-order valence-electron chi connectivity index (χ1n) is 7.85. The van der Waals surface area contributed by atoms with Gasteiger partial charge in [-0.25, -0.2) is 9.59 Å². The summed E-state index contributed by atoms with van der Waals surface area (Å²) < 4.78 is 15.8. The molecule has 0 fully saturated rings. The maximum atomic E-state index is 11.6. The number of hydrogen-bond acceptors (Lipinski definition) is 5. The number of rotatable bonds is 6. The molecular weight excluding hydrogens is 332 g/mol. The molecule has 0 aliphatic carbocycles. The highest BCUT2D eigenvalue weighted by Gasteiger charge is 2.12. The molecule has 0 aliphatic rings. The number of hydrogen-bond donors (Lipinski definition) is 0. The summed E-state index contributed by atoms with van der Waals surface area (Å²) in [6.07, 6.45) is 0. The summed E-state index contributed by atoms with van der Waals surface area (Å²) in [4.78, 5) is 23.2. The average molecular weight is 352 g/mol. The van der Waals surface area contributed by atoms with Crippen molar-refractivity contribution < 1.29 is 23.8 Å². The molecule has 0 aromatic heterocycles. The summed E-state index contributed by atoms with van der Waals surface area (Å²) >= 11 is 0. The molecule has 2 aromatic carbocycles. The van der Waals surface area contributed by atoms with Crippen LogP contribution < -0.4 is 14.2 Å². The van der Waals surface area contributed by atoms with Crippen LogP contribution in [0.5, 0.6) is 17.2 Å². The van der Waals surface area contributed by atoms with E-state index in [4.69, 9.17) is 14.2 Å². The predicted octanol–water partition coefficient (Wildman–Crippen LogP) is 4.33. The van der Waals surface area contributed by atoms with Gasteiger partial charge in [0.1, 0.15) is 17.2 Å². The zero-order valence-electron chi connectivity index (χ0n) is 15.0. The van der Waals surface area contributed by atoms with Gasteiger partial charge < -0.3 is 14.2 Å². The van der Waals surface area contributed by atoms with Crippen LogP contribution in [0.4, 0.5) is 0 Å². The van der Waals surface area contributed by atoms with Gasteiger partial charge in [0.05, 0.1) is 7.11 Å². The minimum absolute atomic E-state index is 0.313. The first-order valence-corrected chi connectivity index (χ1v) is 7.85. The van der Waals surface area contributed by atoms with Crippen molar-refractivity contribution >= 4 is 11.9 Å². The lowest BCUT2D eigenvalue weighted by Gasteiger charge is -2.12. The Morgan fingerprint density at radius 3 is 1.81 bits per heavy atom. The van der Waals surface area contributed by atoms with E-state index < -0.39 is 11.9 Å². The monoisotopic (exact) mass is 352 g/mol. The number of carbonyl (C=O) groups excluding carboxylic acids is 2. The number of ether oxygens (including phenoxy) is 3. The molecule has 0 amide bonds. The summed E-state index contributed by atoms with van der Waals surface area (Å²) in [7, 11) is 1.53. The zero-order chi connectivity index (χ0) is 19.3. The average Bonchev–Trinajstić information content (AvgIpc) is 2.62. The third-order valence-electron chi connectivity index (χ3n) is 3.46. The van der Waals surface area contributed by atoms with E-state index in [2.05, 4.69) is 13.2 Å². The maximum absolute atomic E-state index is 11.6. The Bertz CT molecular complexity index is 862. The van der Waals surface area contributed by atoms with Crippen molar-refractivity contribution in [2.75, 3.05) is 7.11 Å². The van der Waals surface area contributed by atoms with Crippen molar-refractivity contribution in [2.24, 2.45) is 0 Å². The lowest BCUT2D eigenvalue weighted by molar-refractivity contribution is -0.130. The summed E-state index contributed by atoms with van der Waals surface area (Å²) in [5, 5.41) is 0. The third-order valence-corrected chi connectivity index (χ3v) is 3.46. The van der Waals surface area contributed by atoms with E-state index in [0.717, 1.165) is 11.1 Å². The Balaban J connectivity index is 2.25. The van der Waals surface area contributed by atoms with Crippen molar-refractivity contribution in [3.63, 3.8) is 0 Å². The number of benzene rings is 2. The molecule has 0 aliphatic heterocycles. The van der Waals surface area contributed by atoms with Crippen molar-refractivity contribution in [2.45, 2.75) is 13.8 Å². The molecule has 0 saturated carbocycles. The molecule has 5 heteroatoms. The summed E-state index contributed by atoms with van der Waals surface area (Å²) in [6.45, 7) is 10.3. The van der Waals surface area contributed by atoms with Gasteiger partial charge in [-0.15, -0.1) is 0 Å². The van der Waals surface area contributed by atoms with Crippen LogP contribution in [-0.4, -0.2) is 19.0 Å². The standard InChI is InChI=1S/C21H20O5/c1-13(2)20(22)25-16-8-6-15(7-9-16)18-11-10-17(12-19(18)24-5)26-21(23)14(3)4/h6-12H,1,3H2,2,4-5H3. The molecule has 2 aromatic rings. The Morgan fingerprint density at radius 2 is 1.31 bits per heavy atom. The fraction of sp³-hybridized carbons (Fsp3) is 0.143. The van der Waals surface area contributed by atoms with Crippen LogP contribution in [0.1, 0.15) is 13.8 Å². The van der Waals surface area contributed by atoms with E-state index in [1.807, 2.05) is 0 Å². The molecule has 0 N–H and O–H groups in total. The molecule has 0 radical (unpaired) electrons. The topological polar surface area (TPSA) is 61.8 Å². The highest BCUT2D eigenvalue weighted by molar-refractivity contribution is 5.89. The molecule has 2 rings (SSSR count). The second kappa shape index (κ2) is 8.16. The molecule has 0 unspecified atom stereocenters. The van der Waals surface area contributed by atoms with E-state index in [-0.39, 0.29) is 0 Å². The van der Waals surface area contributed by atoms with Crippen LogP contribution in [0.25, 0.3) is 11.1 Å². The molecule has 0 bridgehead atoms. The smallest absolute Gasteiger partial charge is 0.338 e. The minimum Gasteiger partial charge on any atom is -0.496 e. The quantitative estimate of drug-likeness (QED) is 0.440. The minimum atomic E-state index is -0.497. The molecular formula is C21H20O5. The van der Waals surface area contributed by atoms with Gasteiger partial charge in [-0.2, -0.15) is 0 Å². The van der Waals surface area contributed by atoms with Crippen molar-refractivity contribution in [3.8, 4) is 28.4 Å². The summed E-state index contributed by atoms with van der Waals surface area (Å²) in [5.74, 6) is 0.365. The van der Waals surface area contributed by atoms with E-state index in [1.165, 1.54) is 7.11 Å². The second-order valence-corrected chi connectivity index (χ2v) is 5.73. The first-order chi connectivity index (χ1) is 12.3. The van der Waals surface area contributed by atoms with Crippen LogP contribution in [-0.2, 0) is 9.59 Å². The third kappa shape index (κ3) is 4.60. The van der Waals surface area contributed by atoms with Crippen LogP contribution >= 0.6 is 0 Å². The first kappa shape index (κ1) is 19.0. The summed E-state index contributed by atoms with van der Waals surface area (Å²) in [6, 6.07) is 12.1. The lowest BCUT2D eigenvalue weighted by atomic mass is 10.0. The van der Waals surface area contributed by atoms with Crippen LogP contribution in [0.3, 0.4) is 0 Å². The van der Waals surface area contributed by atoms with Gasteiger partial charge in [-0.05, 0) is 43.7 Å². The SMILES string of the molecule is C=C(C)C(=O)Oc1ccc(-c2ccc(OC(=O)C(=C)C)cc2OC)cc1. The summed E-state index contributed by atoms with van der Waals surface area (Å²) in [5.41, 5.74) is 2.30. The zero-order valence-corrected chi connectivity index (χ0v) is 15.0. The highest BCUT2D eigenvalue weighted by Crippen LogP contribution is 2.34. The van der Waals surface area contributed by atoms with E-state index >= 15 is 0 Å². The van der Waals surface area contributed by atoms with E-state index in [0.29, 0.717) is 28.4 Å². The molecule has 0 saturated heterocycles. The molecule has 5 nitrogen and oxygen atoms in total. The van der Waals surface area contributed by atoms with E-state index in [1.54, 1.807) is 56.3 Å². The van der Waals surface area contributed by atoms with Gasteiger partial charge in [0, 0.05) is 22.8 Å².